The van der Waals surface area contributed by atoms with E-state index >= 15 is 0 Å². The van der Waals surface area contributed by atoms with Crippen LogP contribution in [0.3, 0.4) is 0 Å². The summed E-state index contributed by atoms with van der Waals surface area (Å²) >= 11 is 0. The lowest BCUT2D eigenvalue weighted by atomic mass is 10.0. The van der Waals surface area contributed by atoms with E-state index in [4.69, 9.17) is 5.26 Å². The first kappa shape index (κ1) is 12.4. The Balaban J connectivity index is 3.94. The third kappa shape index (κ3) is 4.25. The molecule has 0 heterocycles. The first-order chi connectivity index (χ1) is 5.94. The molecule has 1 N–H and O–H groups in total. The van der Waals surface area contributed by atoms with Crippen LogP contribution in [0.2, 0.25) is 0 Å². The van der Waals surface area contributed by atoms with E-state index in [2.05, 4.69) is 44.2 Å². The Labute approximate surface area is 81.7 Å². The van der Waals surface area contributed by atoms with Crippen LogP contribution in [0.5, 0.6) is 0 Å². The second kappa shape index (κ2) is 5.21. The van der Waals surface area contributed by atoms with E-state index in [0.717, 1.165) is 13.0 Å². The lowest BCUT2D eigenvalue weighted by Crippen LogP contribution is -2.48. The maximum Gasteiger partial charge on any atom is 0.0950 e. The van der Waals surface area contributed by atoms with E-state index in [1.165, 1.54) is 0 Å². The molecule has 0 radical (unpaired) electrons. The zero-order valence-electron chi connectivity index (χ0n) is 9.39. The Hall–Kier alpha value is -0.590. The van der Waals surface area contributed by atoms with Gasteiger partial charge in [0.15, 0.2) is 0 Å². The molecule has 0 rings (SSSR count). The molecule has 0 aliphatic rings. The molecular formula is C10H21N3. The number of hydrogen-bond acceptors (Lipinski definition) is 3. The molecule has 0 aliphatic heterocycles. The third-order valence-electron chi connectivity index (χ3n) is 2.56. The number of nitrogens with one attached hydrogen (secondary N) is 1. The Bertz CT molecular complexity index is 179. The fourth-order valence-electron chi connectivity index (χ4n) is 0.812. The molecule has 0 saturated carbocycles. The predicted octanol–water partition coefficient (Wildman–Crippen LogP) is 1.22. The molecule has 0 amide bonds. The summed E-state index contributed by atoms with van der Waals surface area (Å²) in [6, 6.07) is 2.22. The zero-order valence-corrected chi connectivity index (χ0v) is 9.39. The second-order valence-corrected chi connectivity index (χ2v) is 4.18. The molecule has 3 heteroatoms. The van der Waals surface area contributed by atoms with Gasteiger partial charge in [-0.15, -0.1) is 0 Å². The molecule has 3 nitrogen and oxygen atoms in total. The van der Waals surface area contributed by atoms with Gasteiger partial charge < -0.3 is 10.2 Å². The highest BCUT2D eigenvalue weighted by atomic mass is 15.2. The van der Waals surface area contributed by atoms with Crippen LogP contribution in [0, 0.1) is 11.3 Å². The van der Waals surface area contributed by atoms with Crippen molar-refractivity contribution in [2.45, 2.75) is 38.8 Å². The van der Waals surface area contributed by atoms with Gasteiger partial charge in [0.05, 0.1) is 12.1 Å². The number of nitrogens with zero attached hydrogens (tertiary/aromatic N) is 2. The minimum Gasteiger partial charge on any atom is -0.303 e. The van der Waals surface area contributed by atoms with E-state index in [0.29, 0.717) is 0 Å². The van der Waals surface area contributed by atoms with Crippen molar-refractivity contribution in [2.75, 3.05) is 20.6 Å². The number of hydrogen-bond donors (Lipinski definition) is 1. The minimum absolute atomic E-state index is 0.0146. The summed E-state index contributed by atoms with van der Waals surface area (Å²) < 4.78 is 0. The molecule has 0 fully saturated rings. The summed E-state index contributed by atoms with van der Waals surface area (Å²) in [5.41, 5.74) is 0.101. The van der Waals surface area contributed by atoms with Crippen LogP contribution >= 0.6 is 0 Å². The van der Waals surface area contributed by atoms with Gasteiger partial charge in [-0.3, -0.25) is 0 Å². The number of nitriles is 1. The van der Waals surface area contributed by atoms with Crippen molar-refractivity contribution in [3.8, 4) is 6.07 Å². The van der Waals surface area contributed by atoms with Gasteiger partial charge in [0.25, 0.3) is 0 Å². The molecule has 0 aliphatic carbocycles. The molecule has 0 saturated heterocycles. The van der Waals surface area contributed by atoms with Gasteiger partial charge in [-0.1, -0.05) is 6.92 Å². The lowest BCUT2D eigenvalue weighted by molar-refractivity contribution is 0.187. The lowest BCUT2D eigenvalue weighted by Gasteiger charge is -2.33. The van der Waals surface area contributed by atoms with Crippen LogP contribution < -0.4 is 5.32 Å². The topological polar surface area (TPSA) is 39.1 Å². The van der Waals surface area contributed by atoms with Crippen molar-refractivity contribution in [1.82, 2.24) is 10.2 Å². The highest BCUT2D eigenvalue weighted by Crippen LogP contribution is 2.08. The standard InChI is InChI=1S/C10H21N3/c1-6-9(7-11)12-8-10(2,3)13(4)5/h9,12H,6,8H2,1-5H3. The van der Waals surface area contributed by atoms with Gasteiger partial charge in [-0.05, 0) is 34.4 Å². The quantitative estimate of drug-likeness (QED) is 0.696. The van der Waals surface area contributed by atoms with E-state index < -0.39 is 0 Å². The fraction of sp³-hybridized carbons (Fsp3) is 0.900. The van der Waals surface area contributed by atoms with Crippen LogP contribution in [0.1, 0.15) is 27.2 Å². The molecule has 0 aromatic carbocycles. The van der Waals surface area contributed by atoms with Gasteiger partial charge in [-0.2, -0.15) is 5.26 Å². The maximum atomic E-state index is 8.74. The van der Waals surface area contributed by atoms with Crippen LogP contribution in [-0.2, 0) is 0 Å². The number of likely N-dealkylation sites (N-methyl/N-ethyl adjacent to an activating group) is 1. The minimum atomic E-state index is -0.0146. The Morgan fingerprint density at radius 1 is 1.46 bits per heavy atom. The highest BCUT2D eigenvalue weighted by molar-refractivity contribution is 4.91. The van der Waals surface area contributed by atoms with Crippen LogP contribution in [0.15, 0.2) is 0 Å². The summed E-state index contributed by atoms with van der Waals surface area (Å²) in [6.45, 7) is 7.17. The first-order valence-electron chi connectivity index (χ1n) is 4.74. The van der Waals surface area contributed by atoms with Crippen LogP contribution in [0.25, 0.3) is 0 Å². The molecule has 0 aromatic heterocycles. The monoisotopic (exact) mass is 183 g/mol. The van der Waals surface area contributed by atoms with Crippen molar-refractivity contribution in [1.29, 1.82) is 5.26 Å². The molecule has 0 bridgehead atoms. The van der Waals surface area contributed by atoms with Crippen molar-refractivity contribution < 1.29 is 0 Å². The summed E-state index contributed by atoms with van der Waals surface area (Å²) in [5, 5.41) is 12.0. The molecule has 0 aromatic rings. The van der Waals surface area contributed by atoms with Gasteiger partial charge >= 0.3 is 0 Å². The largest absolute Gasteiger partial charge is 0.303 e. The predicted molar refractivity (Wildman–Crippen MR) is 55.5 cm³/mol. The van der Waals surface area contributed by atoms with E-state index in [-0.39, 0.29) is 11.6 Å². The van der Waals surface area contributed by atoms with E-state index in [1.54, 1.807) is 0 Å². The van der Waals surface area contributed by atoms with Crippen molar-refractivity contribution in [2.24, 2.45) is 0 Å². The Kier molecular flexibility index (Phi) is 4.97. The van der Waals surface area contributed by atoms with Crippen molar-refractivity contribution >= 4 is 0 Å². The van der Waals surface area contributed by atoms with Gasteiger partial charge in [0.2, 0.25) is 0 Å². The Morgan fingerprint density at radius 3 is 2.31 bits per heavy atom. The summed E-state index contributed by atoms with van der Waals surface area (Å²) in [6.07, 6.45) is 0.861. The zero-order chi connectivity index (χ0) is 10.5. The highest BCUT2D eigenvalue weighted by Gasteiger charge is 2.20. The van der Waals surface area contributed by atoms with Gasteiger partial charge in [0.1, 0.15) is 0 Å². The Morgan fingerprint density at radius 2 is 2.00 bits per heavy atom. The maximum absolute atomic E-state index is 8.74. The normalized spacial score (nSPS) is 14.2. The van der Waals surface area contributed by atoms with Gasteiger partial charge in [0, 0.05) is 12.1 Å². The van der Waals surface area contributed by atoms with Crippen molar-refractivity contribution in [3.05, 3.63) is 0 Å². The molecule has 13 heavy (non-hydrogen) atoms. The first-order valence-corrected chi connectivity index (χ1v) is 4.74. The van der Waals surface area contributed by atoms with Crippen molar-refractivity contribution in [3.63, 3.8) is 0 Å². The molecule has 1 atom stereocenters. The van der Waals surface area contributed by atoms with E-state index in [9.17, 15) is 0 Å². The SMILES string of the molecule is CCC(C#N)NCC(C)(C)N(C)C. The van der Waals surface area contributed by atoms with Crippen LogP contribution in [-0.4, -0.2) is 37.1 Å². The summed E-state index contributed by atoms with van der Waals surface area (Å²) in [5.74, 6) is 0. The number of rotatable bonds is 5. The average molecular weight is 183 g/mol. The fourth-order valence-corrected chi connectivity index (χ4v) is 0.812. The molecule has 1 unspecified atom stereocenters. The molecular weight excluding hydrogens is 162 g/mol. The van der Waals surface area contributed by atoms with E-state index in [1.807, 2.05) is 6.92 Å². The second-order valence-electron chi connectivity index (χ2n) is 4.18. The summed E-state index contributed by atoms with van der Waals surface area (Å²) in [7, 11) is 4.10. The average Bonchev–Trinajstić information content (AvgIpc) is 2.06. The molecule has 76 valence electrons. The molecule has 0 spiro atoms. The smallest absolute Gasteiger partial charge is 0.0950 e. The summed E-state index contributed by atoms with van der Waals surface area (Å²) in [4.78, 5) is 2.16. The van der Waals surface area contributed by atoms with Crippen LogP contribution in [0.4, 0.5) is 0 Å². The van der Waals surface area contributed by atoms with Gasteiger partial charge in [-0.25, -0.2) is 0 Å². The third-order valence-corrected chi connectivity index (χ3v) is 2.56.